The lowest BCUT2D eigenvalue weighted by molar-refractivity contribution is 0.429. The summed E-state index contributed by atoms with van der Waals surface area (Å²) >= 11 is 0. The molecule has 1 atom stereocenters. The van der Waals surface area contributed by atoms with Gasteiger partial charge in [0, 0.05) is 5.41 Å². The van der Waals surface area contributed by atoms with Gasteiger partial charge in [-0.1, -0.05) is 57.2 Å². The Morgan fingerprint density at radius 2 is 1.78 bits per heavy atom. The van der Waals surface area contributed by atoms with Crippen LogP contribution in [0, 0.1) is 6.07 Å². The van der Waals surface area contributed by atoms with Gasteiger partial charge in [0.25, 0.3) is 0 Å². The monoisotopic (exact) mass is 233 g/mol. The van der Waals surface area contributed by atoms with Crippen LogP contribution in [0.5, 0.6) is 0 Å². The van der Waals surface area contributed by atoms with Crippen LogP contribution in [0.15, 0.2) is 36.4 Å². The summed E-state index contributed by atoms with van der Waals surface area (Å²) in [5.41, 5.74) is 7.77. The second-order valence-electron chi connectivity index (χ2n) is 6.58. The number of benzene rings is 2. The molecule has 2 aliphatic rings. The second kappa shape index (κ2) is 2.88. The van der Waals surface area contributed by atoms with Crippen molar-refractivity contribution in [3.8, 4) is 11.1 Å². The van der Waals surface area contributed by atoms with Crippen molar-refractivity contribution in [1.29, 1.82) is 0 Å². The van der Waals surface area contributed by atoms with Gasteiger partial charge >= 0.3 is 0 Å². The Labute approximate surface area is 109 Å². The molecule has 0 nitrogen and oxygen atoms in total. The predicted molar refractivity (Wildman–Crippen MR) is 74.8 cm³/mol. The van der Waals surface area contributed by atoms with Crippen LogP contribution >= 0.6 is 0 Å². The first-order valence-corrected chi connectivity index (χ1v) is 6.70. The summed E-state index contributed by atoms with van der Waals surface area (Å²) in [5.74, 6) is 0. The molecule has 2 aromatic carbocycles. The Kier molecular flexibility index (Phi) is 1.66. The Morgan fingerprint density at radius 3 is 2.61 bits per heavy atom. The first kappa shape index (κ1) is 10.4. The Hall–Kier alpha value is -1.56. The maximum atomic E-state index is 3.48. The second-order valence-corrected chi connectivity index (χ2v) is 6.58. The molecule has 0 heterocycles. The third-order valence-corrected chi connectivity index (χ3v) is 4.86. The Balaban J connectivity index is 2.17. The van der Waals surface area contributed by atoms with Crippen LogP contribution in [0.2, 0.25) is 0 Å². The van der Waals surface area contributed by atoms with Crippen molar-refractivity contribution in [2.45, 2.75) is 38.0 Å². The molecule has 0 aromatic heterocycles. The zero-order valence-corrected chi connectivity index (χ0v) is 11.2. The minimum absolute atomic E-state index is 0.197. The van der Waals surface area contributed by atoms with E-state index in [4.69, 9.17) is 0 Å². The summed E-state index contributed by atoms with van der Waals surface area (Å²) in [6.45, 7) is 7.15. The minimum atomic E-state index is 0.197. The molecule has 2 aliphatic carbocycles. The van der Waals surface area contributed by atoms with E-state index in [1.807, 2.05) is 0 Å². The molecule has 2 aromatic rings. The van der Waals surface area contributed by atoms with Gasteiger partial charge in [0.1, 0.15) is 0 Å². The molecule has 0 saturated heterocycles. The number of hydrogen-bond donors (Lipinski definition) is 0. The smallest absolute Gasteiger partial charge is 0.0198 e. The summed E-state index contributed by atoms with van der Waals surface area (Å²) < 4.78 is 0. The molecule has 4 rings (SSSR count). The molecule has 1 unspecified atom stereocenters. The molecule has 18 heavy (non-hydrogen) atoms. The zero-order chi connectivity index (χ0) is 12.5. The van der Waals surface area contributed by atoms with Crippen molar-refractivity contribution in [2.24, 2.45) is 0 Å². The molecule has 0 N–H and O–H groups in total. The molecule has 0 amide bonds. The SMILES string of the molecule is CC1(C)CC2(C)c3ccccc3-c3[c]ccc1c32. The van der Waals surface area contributed by atoms with Gasteiger partial charge in [0.05, 0.1) is 0 Å². The Bertz CT molecular complexity index is 663. The van der Waals surface area contributed by atoms with Crippen LogP contribution < -0.4 is 0 Å². The van der Waals surface area contributed by atoms with Gasteiger partial charge in [-0.3, -0.25) is 0 Å². The molecule has 0 spiro atoms. The van der Waals surface area contributed by atoms with E-state index >= 15 is 0 Å². The maximum absolute atomic E-state index is 3.48. The zero-order valence-electron chi connectivity index (χ0n) is 11.2. The van der Waals surface area contributed by atoms with Gasteiger partial charge < -0.3 is 0 Å². The third kappa shape index (κ3) is 0.986. The van der Waals surface area contributed by atoms with Crippen molar-refractivity contribution in [3.63, 3.8) is 0 Å². The van der Waals surface area contributed by atoms with Gasteiger partial charge in [-0.2, -0.15) is 0 Å². The van der Waals surface area contributed by atoms with E-state index < -0.39 is 0 Å². The maximum Gasteiger partial charge on any atom is 0.0198 e. The van der Waals surface area contributed by atoms with E-state index in [9.17, 15) is 0 Å². The van der Waals surface area contributed by atoms with Crippen LogP contribution in [0.25, 0.3) is 11.1 Å². The van der Waals surface area contributed by atoms with Crippen molar-refractivity contribution >= 4 is 0 Å². The summed E-state index contributed by atoms with van der Waals surface area (Å²) in [6, 6.07) is 16.7. The summed E-state index contributed by atoms with van der Waals surface area (Å²) in [5, 5.41) is 0. The van der Waals surface area contributed by atoms with Gasteiger partial charge in [-0.05, 0) is 45.7 Å². The van der Waals surface area contributed by atoms with E-state index in [0.717, 1.165) is 0 Å². The van der Waals surface area contributed by atoms with Crippen LogP contribution in [-0.2, 0) is 10.8 Å². The van der Waals surface area contributed by atoms with E-state index in [0.29, 0.717) is 0 Å². The van der Waals surface area contributed by atoms with Gasteiger partial charge in [0.15, 0.2) is 0 Å². The first-order valence-electron chi connectivity index (χ1n) is 6.70. The molecule has 0 aliphatic heterocycles. The average Bonchev–Trinajstić information content (AvgIpc) is 2.72. The van der Waals surface area contributed by atoms with Crippen molar-refractivity contribution < 1.29 is 0 Å². The van der Waals surface area contributed by atoms with E-state index in [2.05, 4.69) is 63.2 Å². The molecule has 0 fully saturated rings. The largest absolute Gasteiger partial charge is 0.0619 e. The van der Waals surface area contributed by atoms with Crippen molar-refractivity contribution in [3.05, 3.63) is 59.2 Å². The van der Waals surface area contributed by atoms with Gasteiger partial charge in [-0.15, -0.1) is 0 Å². The number of hydrogen-bond acceptors (Lipinski definition) is 0. The molecule has 0 heteroatoms. The molecular weight excluding hydrogens is 216 g/mol. The summed E-state index contributed by atoms with van der Waals surface area (Å²) in [6.07, 6.45) is 1.21. The number of fused-ring (bicyclic) bond motifs is 3. The van der Waals surface area contributed by atoms with E-state index in [1.54, 1.807) is 0 Å². The highest BCUT2D eigenvalue weighted by molar-refractivity contribution is 5.83. The predicted octanol–water partition coefficient (Wildman–Crippen LogP) is 4.45. The van der Waals surface area contributed by atoms with Crippen LogP contribution in [0.1, 0.15) is 43.9 Å². The normalized spacial score (nSPS) is 25.9. The molecule has 0 bridgehead atoms. The molecule has 0 saturated carbocycles. The lowest BCUT2D eigenvalue weighted by Crippen LogP contribution is -2.21. The highest BCUT2D eigenvalue weighted by Gasteiger charge is 2.51. The minimum Gasteiger partial charge on any atom is -0.0619 e. The topological polar surface area (TPSA) is 0 Å². The highest BCUT2D eigenvalue weighted by atomic mass is 14.5. The summed E-state index contributed by atoms with van der Waals surface area (Å²) in [4.78, 5) is 0. The van der Waals surface area contributed by atoms with Crippen molar-refractivity contribution in [1.82, 2.24) is 0 Å². The molecule has 1 radical (unpaired) electrons. The third-order valence-electron chi connectivity index (χ3n) is 4.86. The fraction of sp³-hybridized carbons (Fsp3) is 0.333. The molecular formula is C18H17. The highest BCUT2D eigenvalue weighted by Crippen LogP contribution is 2.60. The van der Waals surface area contributed by atoms with Crippen molar-refractivity contribution in [2.75, 3.05) is 0 Å². The van der Waals surface area contributed by atoms with Crippen LogP contribution in [0.3, 0.4) is 0 Å². The van der Waals surface area contributed by atoms with E-state index in [1.165, 1.54) is 34.2 Å². The van der Waals surface area contributed by atoms with Crippen LogP contribution in [-0.4, -0.2) is 0 Å². The Morgan fingerprint density at radius 1 is 1.00 bits per heavy atom. The average molecular weight is 233 g/mol. The molecule has 89 valence electrons. The number of rotatable bonds is 0. The quantitative estimate of drug-likeness (QED) is 0.630. The first-order chi connectivity index (χ1) is 8.54. The fourth-order valence-corrected chi connectivity index (χ4v) is 4.33. The van der Waals surface area contributed by atoms with Crippen LogP contribution in [0.4, 0.5) is 0 Å². The van der Waals surface area contributed by atoms with Gasteiger partial charge in [0.2, 0.25) is 0 Å². The standard InChI is InChI=1S/C18H17/c1-17(2)11-18(3)14-9-5-4-7-12(14)13-8-6-10-15(17)16(13)18/h4-7,9-10H,11H2,1-3H3. The van der Waals surface area contributed by atoms with E-state index in [-0.39, 0.29) is 10.8 Å². The summed E-state index contributed by atoms with van der Waals surface area (Å²) in [7, 11) is 0. The fourth-order valence-electron chi connectivity index (χ4n) is 4.33. The van der Waals surface area contributed by atoms with Gasteiger partial charge in [-0.25, -0.2) is 0 Å². The lowest BCUT2D eigenvalue weighted by atomic mass is 9.77. The lowest BCUT2D eigenvalue weighted by Gasteiger charge is -2.26.